The quantitative estimate of drug-likeness (QED) is 0.426. The van der Waals surface area contributed by atoms with Crippen molar-refractivity contribution in [3.05, 3.63) is 71.7 Å². The van der Waals surface area contributed by atoms with Crippen LogP contribution in [0.25, 0.3) is 17.2 Å². The van der Waals surface area contributed by atoms with Crippen molar-refractivity contribution in [3.8, 4) is 0 Å². The van der Waals surface area contributed by atoms with E-state index in [9.17, 15) is 14.4 Å². The van der Waals surface area contributed by atoms with Gasteiger partial charge in [0.15, 0.2) is 5.58 Å². The van der Waals surface area contributed by atoms with E-state index in [2.05, 4.69) is 15.6 Å². The van der Waals surface area contributed by atoms with Crippen LogP contribution in [0.3, 0.4) is 0 Å². The van der Waals surface area contributed by atoms with E-state index in [1.54, 1.807) is 31.2 Å². The summed E-state index contributed by atoms with van der Waals surface area (Å²) in [6.45, 7) is 1.42. The minimum Gasteiger partial charge on any atom is -0.467 e. The molecule has 1 unspecified atom stereocenters. The summed E-state index contributed by atoms with van der Waals surface area (Å²) in [6.07, 6.45) is 3.93. The predicted octanol–water partition coefficient (Wildman–Crippen LogP) is 2.85. The number of oxazole rings is 1. The highest BCUT2D eigenvalue weighted by molar-refractivity contribution is 5.95. The second-order valence-corrected chi connectivity index (χ2v) is 6.62. The van der Waals surface area contributed by atoms with Gasteiger partial charge in [-0.25, -0.2) is 19.4 Å². The van der Waals surface area contributed by atoms with Gasteiger partial charge in [-0.3, -0.25) is 0 Å². The molecule has 1 aliphatic heterocycles. The number of aromatic nitrogens is 1. The molecule has 0 saturated heterocycles. The molecule has 10 heteroatoms. The third kappa shape index (κ3) is 4.53. The molecule has 2 amide bonds. The van der Waals surface area contributed by atoms with Gasteiger partial charge < -0.3 is 28.9 Å². The molecule has 4 rings (SSSR count). The second kappa shape index (κ2) is 9.21. The Bertz CT molecular complexity index is 1170. The van der Waals surface area contributed by atoms with Gasteiger partial charge in [-0.1, -0.05) is 12.1 Å². The highest BCUT2D eigenvalue weighted by atomic mass is 16.5. The molecule has 1 atom stereocenters. The number of urea groups is 1. The number of amides is 2. The molecule has 0 aliphatic carbocycles. The van der Waals surface area contributed by atoms with Crippen molar-refractivity contribution in [1.29, 1.82) is 0 Å². The van der Waals surface area contributed by atoms with Gasteiger partial charge in [0.25, 0.3) is 0 Å². The fourth-order valence-electron chi connectivity index (χ4n) is 3.14. The zero-order chi connectivity index (χ0) is 22.5. The number of benzene rings is 1. The van der Waals surface area contributed by atoms with Crippen molar-refractivity contribution >= 4 is 35.1 Å². The number of rotatable bonds is 7. The number of fused-ring (bicyclic) bond motifs is 1. The molecular weight excluding hydrogens is 418 g/mol. The number of ether oxygens (including phenoxy) is 2. The maximum atomic E-state index is 12.6. The van der Waals surface area contributed by atoms with Crippen LogP contribution in [0.1, 0.15) is 24.6 Å². The van der Waals surface area contributed by atoms with Crippen LogP contribution in [-0.4, -0.2) is 36.2 Å². The number of nitrogens with zero attached hydrogens (tertiary/aromatic N) is 1. The molecular formula is C22H19N3O7. The molecule has 2 N–H and O–H groups in total. The van der Waals surface area contributed by atoms with Gasteiger partial charge in [-0.15, -0.1) is 0 Å². The molecule has 10 nitrogen and oxygen atoms in total. The summed E-state index contributed by atoms with van der Waals surface area (Å²) >= 11 is 0. The molecule has 0 radical (unpaired) electrons. The summed E-state index contributed by atoms with van der Waals surface area (Å²) in [4.78, 5) is 41.1. The number of furan rings is 1. The summed E-state index contributed by atoms with van der Waals surface area (Å²) in [7, 11) is 0. The van der Waals surface area contributed by atoms with Gasteiger partial charge in [-0.2, -0.15) is 0 Å². The number of nitrogens with one attached hydrogen (secondary N) is 2. The maximum absolute atomic E-state index is 12.6. The summed E-state index contributed by atoms with van der Waals surface area (Å²) in [5.41, 5.74) is 1.42. The van der Waals surface area contributed by atoms with Crippen LogP contribution in [0.5, 0.6) is 0 Å². The van der Waals surface area contributed by atoms with Crippen molar-refractivity contribution in [2.75, 3.05) is 13.2 Å². The van der Waals surface area contributed by atoms with Gasteiger partial charge in [-0.05, 0) is 31.2 Å². The Labute approximate surface area is 181 Å². The Kier molecular flexibility index (Phi) is 6.02. The molecule has 0 fully saturated rings. The van der Waals surface area contributed by atoms with E-state index in [4.69, 9.17) is 18.3 Å². The molecule has 0 bridgehead atoms. The van der Waals surface area contributed by atoms with Crippen molar-refractivity contribution in [3.63, 3.8) is 0 Å². The van der Waals surface area contributed by atoms with Gasteiger partial charge in [0.2, 0.25) is 5.89 Å². The summed E-state index contributed by atoms with van der Waals surface area (Å²) in [5, 5.41) is 5.11. The normalized spacial score (nSPS) is 16.2. The fourth-order valence-corrected chi connectivity index (χ4v) is 3.14. The van der Waals surface area contributed by atoms with E-state index in [1.807, 2.05) is 12.1 Å². The predicted molar refractivity (Wildman–Crippen MR) is 111 cm³/mol. The van der Waals surface area contributed by atoms with E-state index in [0.717, 1.165) is 6.08 Å². The SMILES string of the molecule is CCOC(=O)C1=C(COC(=O)/C=C/c2nc3ccccc3o2)NC(=O)NC1c1ccco1. The highest BCUT2D eigenvalue weighted by Gasteiger charge is 2.35. The molecule has 3 aromatic rings. The molecule has 1 aliphatic rings. The Hall–Kier alpha value is -4.34. The monoisotopic (exact) mass is 437 g/mol. The number of para-hydroxylation sites is 2. The van der Waals surface area contributed by atoms with Crippen LogP contribution in [0, 0.1) is 0 Å². The van der Waals surface area contributed by atoms with E-state index in [1.165, 1.54) is 12.3 Å². The van der Waals surface area contributed by atoms with Crippen LogP contribution in [0.4, 0.5) is 4.79 Å². The van der Waals surface area contributed by atoms with Crippen LogP contribution in [-0.2, 0) is 19.1 Å². The first kappa shape index (κ1) is 20.9. The first-order chi connectivity index (χ1) is 15.5. The molecule has 0 saturated carbocycles. The Morgan fingerprint density at radius 1 is 1.19 bits per heavy atom. The van der Waals surface area contributed by atoms with Gasteiger partial charge in [0.05, 0.1) is 24.1 Å². The van der Waals surface area contributed by atoms with Gasteiger partial charge in [0.1, 0.15) is 23.9 Å². The van der Waals surface area contributed by atoms with Crippen LogP contribution in [0.15, 0.2) is 68.8 Å². The zero-order valence-corrected chi connectivity index (χ0v) is 17.0. The number of hydrogen-bond acceptors (Lipinski definition) is 8. The smallest absolute Gasteiger partial charge is 0.338 e. The van der Waals surface area contributed by atoms with Crippen molar-refractivity contribution in [1.82, 2.24) is 15.6 Å². The zero-order valence-electron chi connectivity index (χ0n) is 17.0. The van der Waals surface area contributed by atoms with E-state index in [0.29, 0.717) is 16.9 Å². The number of esters is 2. The Morgan fingerprint density at radius 2 is 2.03 bits per heavy atom. The third-order valence-electron chi connectivity index (χ3n) is 4.51. The highest BCUT2D eigenvalue weighted by Crippen LogP contribution is 2.28. The lowest BCUT2D eigenvalue weighted by Crippen LogP contribution is -2.47. The number of carbonyl (C=O) groups is 3. The lowest BCUT2D eigenvalue weighted by molar-refractivity contribution is -0.140. The lowest BCUT2D eigenvalue weighted by Gasteiger charge is -2.27. The summed E-state index contributed by atoms with van der Waals surface area (Å²) < 4.78 is 21.2. The van der Waals surface area contributed by atoms with Crippen molar-refractivity contribution in [2.24, 2.45) is 0 Å². The number of hydrogen-bond donors (Lipinski definition) is 2. The first-order valence-electron chi connectivity index (χ1n) is 9.76. The minimum absolute atomic E-state index is 0.0807. The van der Waals surface area contributed by atoms with Crippen LogP contribution in [0.2, 0.25) is 0 Å². The fraction of sp³-hybridized carbons (Fsp3) is 0.182. The van der Waals surface area contributed by atoms with Crippen molar-refractivity contribution < 1.29 is 32.7 Å². The third-order valence-corrected chi connectivity index (χ3v) is 4.51. The molecule has 32 heavy (non-hydrogen) atoms. The summed E-state index contributed by atoms with van der Waals surface area (Å²) in [5.74, 6) is -0.815. The van der Waals surface area contributed by atoms with Gasteiger partial charge in [0, 0.05) is 12.2 Å². The van der Waals surface area contributed by atoms with Crippen LogP contribution >= 0.6 is 0 Å². The van der Waals surface area contributed by atoms with Gasteiger partial charge >= 0.3 is 18.0 Å². The average Bonchev–Trinajstić information content (AvgIpc) is 3.45. The van der Waals surface area contributed by atoms with Crippen molar-refractivity contribution in [2.45, 2.75) is 13.0 Å². The molecule has 2 aromatic heterocycles. The molecule has 1 aromatic carbocycles. The molecule has 164 valence electrons. The first-order valence-corrected chi connectivity index (χ1v) is 9.76. The topological polar surface area (TPSA) is 133 Å². The maximum Gasteiger partial charge on any atom is 0.338 e. The number of carbonyl (C=O) groups excluding carboxylic acids is 3. The lowest BCUT2D eigenvalue weighted by atomic mass is 10.0. The van der Waals surface area contributed by atoms with Crippen LogP contribution < -0.4 is 10.6 Å². The average molecular weight is 437 g/mol. The van der Waals surface area contributed by atoms with E-state index < -0.39 is 24.0 Å². The minimum atomic E-state index is -0.887. The Balaban J connectivity index is 1.51. The molecule has 0 spiro atoms. The molecule has 3 heterocycles. The summed E-state index contributed by atoms with van der Waals surface area (Å²) in [6, 6.07) is 8.96. The standard InChI is InChI=1S/C22H19N3O7/c1-2-29-21(27)19-14(24-22(28)25-20(19)16-8-5-11-30-16)12-31-18(26)10-9-17-23-13-6-3-4-7-15(13)32-17/h3-11,20H,2,12H2,1H3,(H2,24,25,28)/b10-9+. The largest absolute Gasteiger partial charge is 0.467 e. The Morgan fingerprint density at radius 3 is 2.78 bits per heavy atom. The van der Waals surface area contributed by atoms with E-state index >= 15 is 0 Å². The van der Waals surface area contributed by atoms with E-state index in [-0.39, 0.29) is 30.4 Å². The second-order valence-electron chi connectivity index (χ2n) is 6.62.